The van der Waals surface area contributed by atoms with Crippen LogP contribution in [0.3, 0.4) is 0 Å². The maximum atomic E-state index is 12.1. The summed E-state index contributed by atoms with van der Waals surface area (Å²) >= 11 is 0. The molecular formula is C11H16ClN3O3. The molecule has 2 aliphatic rings. The summed E-state index contributed by atoms with van der Waals surface area (Å²) < 4.78 is 0. The van der Waals surface area contributed by atoms with Gasteiger partial charge in [-0.05, 0) is 6.92 Å². The number of carbonyl (C=O) groups is 3. The van der Waals surface area contributed by atoms with E-state index in [0.717, 1.165) is 13.1 Å². The molecule has 2 heterocycles. The van der Waals surface area contributed by atoms with Gasteiger partial charge in [-0.1, -0.05) is 0 Å². The molecule has 1 saturated heterocycles. The van der Waals surface area contributed by atoms with Crippen LogP contribution < -0.4 is 10.6 Å². The van der Waals surface area contributed by atoms with Gasteiger partial charge in [0.15, 0.2) is 0 Å². The van der Waals surface area contributed by atoms with E-state index >= 15 is 0 Å². The smallest absolute Gasteiger partial charge is 0.255 e. The number of rotatable bonds is 2. The Morgan fingerprint density at radius 1 is 1.33 bits per heavy atom. The van der Waals surface area contributed by atoms with Crippen LogP contribution in [0.5, 0.6) is 0 Å². The van der Waals surface area contributed by atoms with Gasteiger partial charge in [0, 0.05) is 37.8 Å². The highest BCUT2D eigenvalue weighted by molar-refractivity contribution is 6.18. The predicted molar refractivity (Wildman–Crippen MR) is 67.1 cm³/mol. The molecule has 0 aromatic carbocycles. The first kappa shape index (κ1) is 14.7. The number of nitrogens with one attached hydrogen (secondary N) is 2. The monoisotopic (exact) mass is 273 g/mol. The van der Waals surface area contributed by atoms with Crippen molar-refractivity contribution >= 4 is 30.1 Å². The fourth-order valence-electron chi connectivity index (χ4n) is 2.04. The minimum Gasteiger partial charge on any atom is -0.340 e. The Labute approximate surface area is 111 Å². The Bertz CT molecular complexity index is 402. The summed E-state index contributed by atoms with van der Waals surface area (Å²) in [7, 11) is 0. The quantitative estimate of drug-likeness (QED) is 0.637. The minimum absolute atomic E-state index is 0. The first-order valence-electron chi connectivity index (χ1n) is 5.66. The van der Waals surface area contributed by atoms with E-state index in [0.29, 0.717) is 13.1 Å². The van der Waals surface area contributed by atoms with E-state index in [-0.39, 0.29) is 23.9 Å². The molecule has 2 N–H and O–H groups in total. The molecule has 1 unspecified atom stereocenters. The van der Waals surface area contributed by atoms with Crippen LogP contribution in [-0.2, 0) is 14.4 Å². The highest BCUT2D eigenvalue weighted by Gasteiger charge is 2.32. The van der Waals surface area contributed by atoms with Crippen molar-refractivity contribution in [2.75, 3.05) is 26.2 Å². The van der Waals surface area contributed by atoms with E-state index in [4.69, 9.17) is 0 Å². The van der Waals surface area contributed by atoms with Crippen molar-refractivity contribution < 1.29 is 14.4 Å². The molecule has 0 aromatic heterocycles. The molecule has 2 rings (SSSR count). The Balaban J connectivity index is 0.00000162. The lowest BCUT2D eigenvalue weighted by Gasteiger charge is -2.29. The van der Waals surface area contributed by atoms with Gasteiger partial charge in [0.25, 0.3) is 11.8 Å². The second-order valence-corrected chi connectivity index (χ2v) is 4.22. The van der Waals surface area contributed by atoms with Gasteiger partial charge in [0.05, 0.1) is 5.92 Å². The molecule has 0 spiro atoms. The van der Waals surface area contributed by atoms with Gasteiger partial charge in [-0.25, -0.2) is 0 Å². The SMILES string of the molecule is CC(C(=O)N1CCNCC1)C1=CC(=O)NC1=O.Cl. The molecular weight excluding hydrogens is 258 g/mol. The minimum atomic E-state index is -0.556. The van der Waals surface area contributed by atoms with Gasteiger partial charge >= 0.3 is 0 Å². The number of nitrogens with zero attached hydrogens (tertiary/aromatic N) is 1. The van der Waals surface area contributed by atoms with Crippen LogP contribution in [0, 0.1) is 5.92 Å². The Morgan fingerprint density at radius 3 is 2.44 bits per heavy atom. The topological polar surface area (TPSA) is 78.5 Å². The maximum absolute atomic E-state index is 12.1. The number of carbonyl (C=O) groups excluding carboxylic acids is 3. The van der Waals surface area contributed by atoms with Gasteiger partial charge in [-0.2, -0.15) is 0 Å². The second kappa shape index (κ2) is 5.97. The van der Waals surface area contributed by atoms with Crippen LogP contribution in [0.4, 0.5) is 0 Å². The number of halogens is 1. The molecule has 2 aliphatic heterocycles. The standard InChI is InChI=1S/C11H15N3O3.ClH/c1-7(8-6-9(15)13-10(8)16)11(17)14-4-2-12-3-5-14;/h6-7,12H,2-5H2,1H3,(H,13,15,16);1H. The first-order chi connectivity index (χ1) is 8.09. The molecule has 0 radical (unpaired) electrons. The van der Waals surface area contributed by atoms with Crippen molar-refractivity contribution in [1.29, 1.82) is 0 Å². The number of hydrogen-bond donors (Lipinski definition) is 2. The van der Waals surface area contributed by atoms with E-state index in [1.165, 1.54) is 6.08 Å². The molecule has 1 fully saturated rings. The molecule has 3 amide bonds. The number of amides is 3. The third kappa shape index (κ3) is 2.88. The first-order valence-corrected chi connectivity index (χ1v) is 5.66. The third-order valence-corrected chi connectivity index (χ3v) is 3.05. The molecule has 6 nitrogen and oxygen atoms in total. The van der Waals surface area contributed by atoms with Crippen LogP contribution in [0.1, 0.15) is 6.92 Å². The van der Waals surface area contributed by atoms with Crippen LogP contribution in [0.25, 0.3) is 0 Å². The van der Waals surface area contributed by atoms with Crippen molar-refractivity contribution in [3.05, 3.63) is 11.6 Å². The van der Waals surface area contributed by atoms with E-state index in [1.807, 2.05) is 0 Å². The summed E-state index contributed by atoms with van der Waals surface area (Å²) in [6, 6.07) is 0. The average Bonchev–Trinajstić information content (AvgIpc) is 2.68. The number of imide groups is 1. The fraction of sp³-hybridized carbons (Fsp3) is 0.545. The lowest BCUT2D eigenvalue weighted by Crippen LogP contribution is -2.48. The summed E-state index contributed by atoms with van der Waals surface area (Å²) in [5, 5.41) is 5.30. The highest BCUT2D eigenvalue weighted by atomic mass is 35.5. The lowest BCUT2D eigenvalue weighted by molar-refractivity contribution is -0.135. The van der Waals surface area contributed by atoms with Crippen LogP contribution in [-0.4, -0.2) is 48.8 Å². The molecule has 0 bridgehead atoms. The van der Waals surface area contributed by atoms with Crippen LogP contribution in [0.2, 0.25) is 0 Å². The molecule has 18 heavy (non-hydrogen) atoms. The van der Waals surface area contributed by atoms with E-state index < -0.39 is 17.7 Å². The lowest BCUT2D eigenvalue weighted by atomic mass is 9.99. The van der Waals surface area contributed by atoms with Crippen molar-refractivity contribution in [1.82, 2.24) is 15.5 Å². The summed E-state index contributed by atoms with van der Waals surface area (Å²) in [6.07, 6.45) is 1.22. The van der Waals surface area contributed by atoms with Gasteiger partial charge in [0.1, 0.15) is 0 Å². The molecule has 0 aromatic rings. The Hall–Kier alpha value is -1.40. The van der Waals surface area contributed by atoms with Crippen LogP contribution in [0.15, 0.2) is 11.6 Å². The zero-order valence-electron chi connectivity index (χ0n) is 10.1. The third-order valence-electron chi connectivity index (χ3n) is 3.05. The average molecular weight is 274 g/mol. The highest BCUT2D eigenvalue weighted by Crippen LogP contribution is 2.17. The zero-order chi connectivity index (χ0) is 12.4. The maximum Gasteiger partial charge on any atom is 0.255 e. The van der Waals surface area contributed by atoms with E-state index in [9.17, 15) is 14.4 Å². The summed E-state index contributed by atoms with van der Waals surface area (Å²) in [6.45, 7) is 4.48. The molecule has 100 valence electrons. The molecule has 0 saturated carbocycles. The second-order valence-electron chi connectivity index (χ2n) is 4.22. The van der Waals surface area contributed by atoms with Gasteiger partial charge < -0.3 is 10.2 Å². The summed E-state index contributed by atoms with van der Waals surface area (Å²) in [5.41, 5.74) is 0.263. The molecule has 1 atom stereocenters. The van der Waals surface area contributed by atoms with Gasteiger partial charge in [-0.15, -0.1) is 12.4 Å². The predicted octanol–water partition coefficient (Wildman–Crippen LogP) is -0.941. The summed E-state index contributed by atoms with van der Waals surface area (Å²) in [5.74, 6) is -1.54. The van der Waals surface area contributed by atoms with Crippen molar-refractivity contribution in [3.8, 4) is 0 Å². The van der Waals surface area contributed by atoms with Gasteiger partial charge in [0.2, 0.25) is 5.91 Å². The molecule has 0 aliphatic carbocycles. The van der Waals surface area contributed by atoms with Crippen molar-refractivity contribution in [2.24, 2.45) is 5.92 Å². The zero-order valence-corrected chi connectivity index (χ0v) is 10.9. The van der Waals surface area contributed by atoms with Crippen LogP contribution >= 0.6 is 12.4 Å². The van der Waals surface area contributed by atoms with Gasteiger partial charge in [-0.3, -0.25) is 19.7 Å². The summed E-state index contributed by atoms with van der Waals surface area (Å²) in [4.78, 5) is 36.3. The number of piperazine rings is 1. The largest absolute Gasteiger partial charge is 0.340 e. The normalized spacial score (nSPS) is 20.9. The Morgan fingerprint density at radius 2 is 1.94 bits per heavy atom. The molecule has 7 heteroatoms. The van der Waals surface area contributed by atoms with E-state index in [1.54, 1.807) is 11.8 Å². The van der Waals surface area contributed by atoms with Crippen molar-refractivity contribution in [2.45, 2.75) is 6.92 Å². The van der Waals surface area contributed by atoms with Crippen molar-refractivity contribution in [3.63, 3.8) is 0 Å². The fourth-order valence-corrected chi connectivity index (χ4v) is 2.04. The van der Waals surface area contributed by atoms with E-state index in [2.05, 4.69) is 10.6 Å². The Kier molecular flexibility index (Phi) is 4.86. The number of hydrogen-bond acceptors (Lipinski definition) is 4.